The van der Waals surface area contributed by atoms with Gasteiger partial charge in [-0.1, -0.05) is 47.5 Å². The first kappa shape index (κ1) is 25.3. The van der Waals surface area contributed by atoms with Gasteiger partial charge in [0.15, 0.2) is 5.65 Å². The molecular weight excluding hydrogens is 472 g/mol. The molecule has 0 amide bonds. The quantitative estimate of drug-likeness (QED) is 0.254. The van der Waals surface area contributed by atoms with E-state index >= 15 is 0 Å². The van der Waals surface area contributed by atoms with Crippen molar-refractivity contribution in [3.63, 3.8) is 0 Å². The summed E-state index contributed by atoms with van der Waals surface area (Å²) in [5.74, 6) is 3.74. The minimum Gasteiger partial charge on any atom is -0.471 e. The first-order chi connectivity index (χ1) is 15.4. The van der Waals surface area contributed by atoms with E-state index in [1.165, 1.54) is 17.5 Å². The third kappa shape index (κ3) is 5.42. The zero-order chi connectivity index (χ0) is 24.4. The fourth-order valence-corrected chi connectivity index (χ4v) is 10.6. The molecule has 0 radical (unpaired) electrons. The van der Waals surface area contributed by atoms with Crippen LogP contribution in [-0.2, 0) is 16.4 Å². The molecule has 0 saturated heterocycles. The molecule has 10 heteroatoms. The van der Waals surface area contributed by atoms with E-state index in [1.807, 2.05) is 5.38 Å². The van der Waals surface area contributed by atoms with Crippen molar-refractivity contribution in [2.45, 2.75) is 69.9 Å². The predicted octanol–water partition coefficient (Wildman–Crippen LogP) is 5.03. The van der Waals surface area contributed by atoms with Crippen LogP contribution in [0.3, 0.4) is 0 Å². The van der Waals surface area contributed by atoms with E-state index < -0.39 is 17.9 Å². The number of nitrogens with zero attached hydrogens (tertiary/aromatic N) is 4. The Kier molecular flexibility index (Phi) is 7.56. The Morgan fingerprint density at radius 3 is 2.27 bits per heavy atom. The molecule has 0 spiro atoms. The number of hydrogen-bond donors (Lipinski definition) is 0. The molecule has 0 N–H and O–H groups in total. The summed E-state index contributed by atoms with van der Waals surface area (Å²) in [5, 5.41) is 2.24. The normalized spacial score (nSPS) is 12.4. The first-order valence-electron chi connectivity index (χ1n) is 10.9. The van der Waals surface area contributed by atoms with Gasteiger partial charge in [-0.15, -0.1) is 16.9 Å². The van der Waals surface area contributed by atoms with E-state index in [1.54, 1.807) is 11.6 Å². The van der Waals surface area contributed by atoms with Crippen molar-refractivity contribution in [3.8, 4) is 17.3 Å². The summed E-state index contributed by atoms with van der Waals surface area (Å²) < 4.78 is 29.9. The lowest BCUT2D eigenvalue weighted by Gasteiger charge is -2.38. The summed E-state index contributed by atoms with van der Waals surface area (Å²) in [4.78, 5) is 16.9. The van der Waals surface area contributed by atoms with Crippen LogP contribution in [0.1, 0.15) is 52.8 Å². The van der Waals surface area contributed by atoms with Crippen molar-refractivity contribution < 1.29 is 13.2 Å². The maximum atomic E-state index is 12.0. The molecule has 0 aromatic carbocycles. The lowest BCUT2D eigenvalue weighted by molar-refractivity contribution is 0.291. The minimum atomic E-state index is -3.58. The Balaban J connectivity index is 2.17. The molecule has 0 aliphatic heterocycles. The highest BCUT2D eigenvalue weighted by Crippen LogP contribution is 2.41. The predicted molar refractivity (Wildman–Crippen MR) is 135 cm³/mol. The van der Waals surface area contributed by atoms with Gasteiger partial charge in [-0.3, -0.25) is 0 Å². The van der Waals surface area contributed by atoms with Gasteiger partial charge in [0.05, 0.1) is 16.6 Å². The first-order valence-corrected chi connectivity index (χ1v) is 15.9. The Hall–Kier alpha value is -2.35. The van der Waals surface area contributed by atoms with Crippen molar-refractivity contribution in [1.29, 1.82) is 0 Å². The number of thiazole rings is 1. The highest BCUT2D eigenvalue weighted by Gasteiger charge is 2.41. The minimum absolute atomic E-state index is 0.247. The Morgan fingerprint density at radius 1 is 1.06 bits per heavy atom. The van der Waals surface area contributed by atoms with Crippen molar-refractivity contribution in [3.05, 3.63) is 34.4 Å². The van der Waals surface area contributed by atoms with Gasteiger partial charge >= 0.3 is 0 Å². The smallest absolute Gasteiger partial charge is 0.248 e. The molecule has 0 aliphatic rings. The third-order valence-electron chi connectivity index (χ3n) is 5.98. The molecule has 0 bridgehead atoms. The van der Waals surface area contributed by atoms with Crippen molar-refractivity contribution in [2.24, 2.45) is 0 Å². The monoisotopic (exact) mass is 502 g/mol. The van der Waals surface area contributed by atoms with Crippen LogP contribution in [0.15, 0.2) is 28.3 Å². The number of pyridine rings is 1. The van der Waals surface area contributed by atoms with Crippen LogP contribution >= 0.6 is 11.3 Å². The summed E-state index contributed by atoms with van der Waals surface area (Å²) >= 11 is 1.49. The number of sulfone groups is 1. The van der Waals surface area contributed by atoms with E-state index in [9.17, 15) is 8.42 Å². The molecule has 176 valence electrons. The van der Waals surface area contributed by atoms with Crippen molar-refractivity contribution >= 4 is 40.3 Å². The molecule has 0 saturated carbocycles. The molecule has 3 rings (SSSR count). The lowest BCUT2D eigenvalue weighted by Crippen LogP contribution is -2.43. The van der Waals surface area contributed by atoms with Crippen LogP contribution < -0.4 is 4.74 Å². The summed E-state index contributed by atoms with van der Waals surface area (Å²) in [6.07, 6.45) is 2.56. The molecule has 0 atom stereocenters. The number of hydrogen-bond acceptors (Lipinski definition) is 8. The van der Waals surface area contributed by atoms with Crippen molar-refractivity contribution in [2.75, 3.05) is 6.26 Å². The maximum Gasteiger partial charge on any atom is 0.248 e. The molecular formula is C23H30N4O3S2Si. The fraction of sp³-hybridized carbons (Fsp3) is 0.478. The molecule has 0 unspecified atom stereocenters. The summed E-state index contributed by atoms with van der Waals surface area (Å²) in [5.41, 5.74) is 8.60. The standard InChI is InChI=1S/C23H30N4O3S2Si/c1-15(2)33(16(3)4,17(5)6)9-8-18-10-21(30-12-19-13-31-14-25-19)26-22-20(18)11-24-23(27-22)32(7,28)29/h10-11,13-17H,12H2,1-7H3. The van der Waals surface area contributed by atoms with E-state index in [2.05, 4.69) is 72.9 Å². The Labute approximate surface area is 201 Å². The average molecular weight is 503 g/mol. The van der Waals surface area contributed by atoms with Gasteiger partial charge in [0, 0.05) is 29.5 Å². The number of ether oxygens (including phenoxy) is 1. The second kappa shape index (κ2) is 9.87. The number of fused-ring (bicyclic) bond motifs is 1. The maximum absolute atomic E-state index is 12.0. The second-order valence-electron chi connectivity index (χ2n) is 9.09. The SMILES string of the molecule is CC(C)[Si](C#Cc1cc(OCc2cscn2)nc2nc(S(C)(=O)=O)ncc12)(C(C)C)C(C)C. The highest BCUT2D eigenvalue weighted by atomic mass is 32.2. The van der Waals surface area contributed by atoms with Gasteiger partial charge in [-0.25, -0.2) is 18.4 Å². The zero-order valence-corrected chi connectivity index (χ0v) is 22.7. The van der Waals surface area contributed by atoms with E-state index in [0.29, 0.717) is 33.5 Å². The number of rotatable bonds is 7. The summed E-state index contributed by atoms with van der Waals surface area (Å²) in [6.45, 7) is 13.8. The molecule has 3 aromatic rings. The summed E-state index contributed by atoms with van der Waals surface area (Å²) in [7, 11) is -5.56. The zero-order valence-electron chi connectivity index (χ0n) is 20.1. The number of aromatic nitrogens is 4. The largest absolute Gasteiger partial charge is 0.471 e. The van der Waals surface area contributed by atoms with Gasteiger partial charge in [-0.2, -0.15) is 9.97 Å². The van der Waals surface area contributed by atoms with Gasteiger partial charge in [0.1, 0.15) is 14.7 Å². The molecule has 7 nitrogen and oxygen atoms in total. The van der Waals surface area contributed by atoms with Gasteiger partial charge < -0.3 is 4.74 Å². The third-order valence-corrected chi connectivity index (χ3v) is 13.8. The van der Waals surface area contributed by atoms with Gasteiger partial charge in [-0.05, 0) is 16.6 Å². The van der Waals surface area contributed by atoms with Crippen LogP contribution in [-0.4, -0.2) is 42.7 Å². The second-order valence-corrected chi connectivity index (χ2v) is 17.3. The van der Waals surface area contributed by atoms with E-state index in [0.717, 1.165) is 11.9 Å². The highest BCUT2D eigenvalue weighted by molar-refractivity contribution is 7.90. The van der Waals surface area contributed by atoms with Crippen molar-refractivity contribution in [1.82, 2.24) is 19.9 Å². The lowest BCUT2D eigenvalue weighted by atomic mass is 10.2. The molecule has 33 heavy (non-hydrogen) atoms. The van der Waals surface area contributed by atoms with E-state index in [4.69, 9.17) is 4.74 Å². The van der Waals surface area contributed by atoms with E-state index in [-0.39, 0.29) is 17.4 Å². The topological polar surface area (TPSA) is 94.9 Å². The Morgan fingerprint density at radius 2 is 1.73 bits per heavy atom. The Bertz CT molecular complexity index is 1270. The van der Waals surface area contributed by atoms with Crippen LogP contribution in [0, 0.1) is 11.5 Å². The van der Waals surface area contributed by atoms with Crippen LogP contribution in [0.5, 0.6) is 5.88 Å². The van der Waals surface area contributed by atoms with Gasteiger partial charge in [0.25, 0.3) is 0 Å². The van der Waals surface area contributed by atoms with Gasteiger partial charge in [0.2, 0.25) is 20.9 Å². The average Bonchev–Trinajstić information content (AvgIpc) is 3.24. The van der Waals surface area contributed by atoms with Crippen LogP contribution in [0.2, 0.25) is 16.6 Å². The van der Waals surface area contributed by atoms with Crippen LogP contribution in [0.25, 0.3) is 11.0 Å². The molecule has 0 fully saturated rings. The summed E-state index contributed by atoms with van der Waals surface area (Å²) in [6, 6.07) is 1.78. The van der Waals surface area contributed by atoms with Crippen LogP contribution in [0.4, 0.5) is 0 Å². The fourth-order valence-electron chi connectivity index (χ4n) is 4.39. The molecule has 3 heterocycles. The molecule has 0 aliphatic carbocycles. The molecule has 3 aromatic heterocycles.